The molecular weight excluding hydrogens is 483 g/mol. The zero-order chi connectivity index (χ0) is 19.2. The van der Waals surface area contributed by atoms with E-state index in [-0.39, 0.29) is 42.4 Å². The third-order valence-electron chi connectivity index (χ3n) is 4.29. The van der Waals surface area contributed by atoms with E-state index in [1.165, 1.54) is 0 Å². The monoisotopic (exact) mass is 514 g/mol. The van der Waals surface area contributed by atoms with E-state index in [2.05, 4.69) is 20.3 Å². The number of sulfonamides is 1. The summed E-state index contributed by atoms with van der Waals surface area (Å²) in [4.78, 5) is 6.39. The quantitative estimate of drug-likeness (QED) is 0.324. The molecule has 1 aliphatic heterocycles. The van der Waals surface area contributed by atoms with Gasteiger partial charge < -0.3 is 15.0 Å². The summed E-state index contributed by atoms with van der Waals surface area (Å²) in [5.41, 5.74) is 1.05. The Morgan fingerprint density at radius 1 is 1.33 bits per heavy atom. The van der Waals surface area contributed by atoms with Crippen molar-refractivity contribution < 1.29 is 13.2 Å². The predicted octanol–water partition coefficient (Wildman–Crippen LogP) is 0.486. The van der Waals surface area contributed by atoms with Crippen LogP contribution in [-0.4, -0.2) is 85.1 Å². The highest BCUT2D eigenvalue weighted by atomic mass is 127. The van der Waals surface area contributed by atoms with Crippen LogP contribution in [0.5, 0.6) is 0 Å². The van der Waals surface area contributed by atoms with Gasteiger partial charge in [0.25, 0.3) is 0 Å². The van der Waals surface area contributed by atoms with Gasteiger partial charge in [-0.15, -0.1) is 24.0 Å². The highest BCUT2D eigenvalue weighted by Crippen LogP contribution is 2.09. The number of aryl methyl sites for hydroxylation is 1. The molecule has 1 N–H and O–H groups in total. The van der Waals surface area contributed by atoms with Crippen LogP contribution in [0.2, 0.25) is 0 Å². The first-order valence-electron chi connectivity index (χ1n) is 8.85. The highest BCUT2D eigenvalue weighted by molar-refractivity contribution is 14.0. The summed E-state index contributed by atoms with van der Waals surface area (Å²) in [5, 5.41) is 7.45. The minimum atomic E-state index is -3.28. The van der Waals surface area contributed by atoms with E-state index in [4.69, 9.17) is 4.74 Å². The van der Waals surface area contributed by atoms with Gasteiger partial charge in [0, 0.05) is 46.5 Å². The predicted molar refractivity (Wildman–Crippen MR) is 117 cm³/mol. The third kappa shape index (κ3) is 7.20. The molecule has 0 bridgehead atoms. The van der Waals surface area contributed by atoms with Crippen molar-refractivity contribution in [3.05, 3.63) is 18.0 Å². The average Bonchev–Trinajstić information content (AvgIpc) is 3.00. The second-order valence-electron chi connectivity index (χ2n) is 6.47. The number of halogens is 1. The maximum absolute atomic E-state index is 12.4. The molecule has 0 spiro atoms. The first kappa shape index (κ1) is 24.1. The first-order valence-corrected chi connectivity index (χ1v) is 10.5. The van der Waals surface area contributed by atoms with Crippen LogP contribution in [-0.2, 0) is 28.4 Å². The molecule has 27 heavy (non-hydrogen) atoms. The maximum atomic E-state index is 12.4. The molecule has 1 aromatic heterocycles. The largest absolute Gasteiger partial charge is 0.378 e. The Morgan fingerprint density at radius 3 is 2.52 bits per heavy atom. The number of nitrogens with one attached hydrogen (secondary N) is 1. The Balaban J connectivity index is 0.00000364. The zero-order valence-corrected chi connectivity index (χ0v) is 19.6. The molecule has 1 saturated heterocycles. The Bertz CT molecular complexity index is 699. The van der Waals surface area contributed by atoms with Crippen molar-refractivity contribution in [2.24, 2.45) is 12.0 Å². The van der Waals surface area contributed by atoms with Gasteiger partial charge in [0.1, 0.15) is 0 Å². The van der Waals surface area contributed by atoms with Crippen molar-refractivity contribution in [2.75, 3.05) is 45.6 Å². The molecule has 0 aliphatic carbocycles. The standard InChI is InChI=1S/C16H30N6O3S.HI/c1-14(2)25-11-12-26(23,24)22-9-7-21(8-10-22)16(17-3)18-13-15-5-6-19-20(15)4;/h5-6,14H,7-13H2,1-4H3,(H,17,18);1H. The number of hydrogen-bond acceptors (Lipinski definition) is 5. The summed E-state index contributed by atoms with van der Waals surface area (Å²) in [5.74, 6) is 0.796. The van der Waals surface area contributed by atoms with Crippen LogP contribution in [0.15, 0.2) is 17.3 Å². The van der Waals surface area contributed by atoms with Crippen LogP contribution in [0.1, 0.15) is 19.5 Å². The number of aliphatic imine (C=N–C) groups is 1. The number of piperazine rings is 1. The van der Waals surface area contributed by atoms with Crippen LogP contribution in [0.3, 0.4) is 0 Å². The van der Waals surface area contributed by atoms with Crippen LogP contribution < -0.4 is 5.32 Å². The fourth-order valence-corrected chi connectivity index (χ4v) is 4.06. The summed E-state index contributed by atoms with van der Waals surface area (Å²) >= 11 is 0. The summed E-state index contributed by atoms with van der Waals surface area (Å²) < 4.78 is 33.5. The molecule has 1 aliphatic rings. The fraction of sp³-hybridized carbons (Fsp3) is 0.750. The molecule has 9 nitrogen and oxygen atoms in total. The molecule has 11 heteroatoms. The van der Waals surface area contributed by atoms with E-state index in [0.29, 0.717) is 32.7 Å². The summed E-state index contributed by atoms with van der Waals surface area (Å²) in [6.45, 7) is 6.77. The number of aromatic nitrogens is 2. The maximum Gasteiger partial charge on any atom is 0.216 e. The summed E-state index contributed by atoms with van der Waals surface area (Å²) in [6.07, 6.45) is 1.79. The van der Waals surface area contributed by atoms with E-state index in [1.807, 2.05) is 31.6 Å². The molecule has 1 aromatic rings. The Labute approximate surface area is 179 Å². The van der Waals surface area contributed by atoms with E-state index >= 15 is 0 Å². The van der Waals surface area contributed by atoms with Crippen LogP contribution in [0, 0.1) is 0 Å². The SMILES string of the molecule is CN=C(NCc1ccnn1C)N1CCN(S(=O)(=O)CCOC(C)C)CC1.I. The number of ether oxygens (including phenoxy) is 1. The van der Waals surface area contributed by atoms with E-state index in [9.17, 15) is 8.42 Å². The van der Waals surface area contributed by atoms with Gasteiger partial charge in [0.15, 0.2) is 5.96 Å². The van der Waals surface area contributed by atoms with Gasteiger partial charge in [-0.05, 0) is 19.9 Å². The highest BCUT2D eigenvalue weighted by Gasteiger charge is 2.28. The average molecular weight is 514 g/mol. The molecule has 0 unspecified atom stereocenters. The molecule has 1 fully saturated rings. The Morgan fingerprint density at radius 2 is 2.00 bits per heavy atom. The van der Waals surface area contributed by atoms with E-state index in [0.717, 1.165) is 11.7 Å². The van der Waals surface area contributed by atoms with Crippen molar-refractivity contribution in [1.29, 1.82) is 0 Å². The zero-order valence-electron chi connectivity index (χ0n) is 16.5. The molecule has 0 radical (unpaired) electrons. The molecule has 2 heterocycles. The summed E-state index contributed by atoms with van der Waals surface area (Å²) in [6, 6.07) is 1.95. The van der Waals surface area contributed by atoms with Gasteiger partial charge in [-0.1, -0.05) is 0 Å². The van der Waals surface area contributed by atoms with Gasteiger partial charge in [0.05, 0.1) is 30.7 Å². The molecule has 0 aromatic carbocycles. The van der Waals surface area contributed by atoms with Gasteiger partial charge in [-0.25, -0.2) is 8.42 Å². The van der Waals surface area contributed by atoms with Gasteiger partial charge in [-0.2, -0.15) is 9.40 Å². The van der Waals surface area contributed by atoms with Gasteiger partial charge >= 0.3 is 0 Å². The molecule has 0 atom stereocenters. The molecule has 0 amide bonds. The number of hydrogen-bond donors (Lipinski definition) is 1. The number of nitrogens with zero attached hydrogens (tertiary/aromatic N) is 5. The minimum Gasteiger partial charge on any atom is -0.378 e. The molecule has 0 saturated carbocycles. The van der Waals surface area contributed by atoms with Crippen LogP contribution in [0.25, 0.3) is 0 Å². The molecular formula is C16H31IN6O3S. The van der Waals surface area contributed by atoms with Gasteiger partial charge in [0.2, 0.25) is 10.0 Å². The lowest BCUT2D eigenvalue weighted by Gasteiger charge is -2.35. The lowest BCUT2D eigenvalue weighted by Crippen LogP contribution is -2.54. The smallest absolute Gasteiger partial charge is 0.216 e. The fourth-order valence-electron chi connectivity index (χ4n) is 2.77. The van der Waals surface area contributed by atoms with E-state index < -0.39 is 10.0 Å². The lowest BCUT2D eigenvalue weighted by atomic mass is 10.3. The Hall–Kier alpha value is -0.920. The van der Waals surface area contributed by atoms with Crippen molar-refractivity contribution >= 4 is 40.0 Å². The third-order valence-corrected chi connectivity index (χ3v) is 6.12. The number of guanidine groups is 1. The molecule has 156 valence electrons. The Kier molecular flexibility index (Phi) is 9.98. The second kappa shape index (κ2) is 11.2. The van der Waals surface area contributed by atoms with Crippen molar-refractivity contribution in [3.8, 4) is 0 Å². The second-order valence-corrected chi connectivity index (χ2v) is 8.56. The van der Waals surface area contributed by atoms with Gasteiger partial charge in [-0.3, -0.25) is 9.67 Å². The molecule has 2 rings (SSSR count). The topological polar surface area (TPSA) is 92.1 Å². The van der Waals surface area contributed by atoms with Crippen molar-refractivity contribution in [1.82, 2.24) is 24.3 Å². The lowest BCUT2D eigenvalue weighted by molar-refractivity contribution is 0.0904. The minimum absolute atomic E-state index is 0. The van der Waals surface area contributed by atoms with Crippen LogP contribution >= 0.6 is 24.0 Å². The number of rotatable bonds is 7. The van der Waals surface area contributed by atoms with Crippen molar-refractivity contribution in [2.45, 2.75) is 26.5 Å². The van der Waals surface area contributed by atoms with Crippen molar-refractivity contribution in [3.63, 3.8) is 0 Å². The first-order chi connectivity index (χ1) is 12.3. The van der Waals surface area contributed by atoms with E-state index in [1.54, 1.807) is 17.5 Å². The van der Waals surface area contributed by atoms with Crippen LogP contribution in [0.4, 0.5) is 0 Å². The summed E-state index contributed by atoms with van der Waals surface area (Å²) in [7, 11) is 0.351. The normalized spacial score (nSPS) is 16.5.